The minimum absolute atomic E-state index is 0.112. The van der Waals surface area contributed by atoms with Crippen molar-refractivity contribution in [3.8, 4) is 0 Å². The Kier molecular flexibility index (Phi) is 6.83. The predicted octanol–water partition coefficient (Wildman–Crippen LogP) is 1.65. The van der Waals surface area contributed by atoms with Gasteiger partial charge in [0.25, 0.3) is 0 Å². The summed E-state index contributed by atoms with van der Waals surface area (Å²) in [6.07, 6.45) is 0.112. The molecule has 0 fully saturated rings. The molecular formula is C13H26N2O4. The number of rotatable bonds is 7. The predicted molar refractivity (Wildman–Crippen MR) is 73.2 cm³/mol. The van der Waals surface area contributed by atoms with Gasteiger partial charge in [0, 0.05) is 20.1 Å². The van der Waals surface area contributed by atoms with Crippen LogP contribution in [0.5, 0.6) is 0 Å². The third kappa shape index (κ3) is 5.06. The van der Waals surface area contributed by atoms with E-state index in [1.807, 2.05) is 13.8 Å². The normalized spacial score (nSPS) is 11.5. The fourth-order valence-corrected chi connectivity index (χ4v) is 1.61. The first-order chi connectivity index (χ1) is 8.64. The van der Waals surface area contributed by atoms with Crippen LogP contribution in [0.25, 0.3) is 0 Å². The van der Waals surface area contributed by atoms with Crippen LogP contribution >= 0.6 is 0 Å². The van der Waals surface area contributed by atoms with E-state index >= 15 is 0 Å². The van der Waals surface area contributed by atoms with Crippen molar-refractivity contribution in [3.63, 3.8) is 0 Å². The highest BCUT2D eigenvalue weighted by molar-refractivity contribution is 5.85. The van der Waals surface area contributed by atoms with Crippen molar-refractivity contribution in [2.45, 2.75) is 46.3 Å². The van der Waals surface area contributed by atoms with Gasteiger partial charge in [-0.1, -0.05) is 0 Å². The fourth-order valence-electron chi connectivity index (χ4n) is 1.61. The second-order valence-electron chi connectivity index (χ2n) is 5.23. The third-order valence-electron chi connectivity index (χ3n) is 2.95. The Hall–Kier alpha value is -1.30. The molecular weight excluding hydrogens is 248 g/mol. The van der Waals surface area contributed by atoms with Crippen LogP contribution in [0.2, 0.25) is 0 Å². The average Bonchev–Trinajstić information content (AvgIpc) is 2.28. The van der Waals surface area contributed by atoms with Gasteiger partial charge < -0.3 is 19.6 Å². The summed E-state index contributed by atoms with van der Waals surface area (Å²) in [6.45, 7) is 9.87. The van der Waals surface area contributed by atoms with Crippen LogP contribution in [0.3, 0.4) is 0 Å². The lowest BCUT2D eigenvalue weighted by atomic mass is 10.0. The summed E-state index contributed by atoms with van der Waals surface area (Å²) in [7, 11) is 1.65. The lowest BCUT2D eigenvalue weighted by Crippen LogP contribution is -2.56. The van der Waals surface area contributed by atoms with Crippen molar-refractivity contribution in [1.29, 1.82) is 0 Å². The van der Waals surface area contributed by atoms with Crippen molar-refractivity contribution in [2.24, 2.45) is 0 Å². The van der Waals surface area contributed by atoms with E-state index in [0.717, 1.165) is 0 Å². The molecule has 112 valence electrons. The number of nitrogens with zero attached hydrogens (tertiary/aromatic N) is 2. The van der Waals surface area contributed by atoms with Crippen LogP contribution in [-0.2, 0) is 9.53 Å². The van der Waals surface area contributed by atoms with Crippen LogP contribution in [0.15, 0.2) is 0 Å². The maximum Gasteiger partial charge on any atom is 0.329 e. The number of hydrogen-bond acceptors (Lipinski definition) is 3. The van der Waals surface area contributed by atoms with Crippen molar-refractivity contribution < 1.29 is 19.4 Å². The number of likely N-dealkylation sites (N-methyl/N-ethyl adjacent to an activating group) is 2. The number of carbonyl (C=O) groups excluding carboxylic acids is 1. The van der Waals surface area contributed by atoms with E-state index in [-0.39, 0.29) is 12.1 Å². The summed E-state index contributed by atoms with van der Waals surface area (Å²) >= 11 is 0. The zero-order chi connectivity index (χ0) is 15.2. The molecule has 6 nitrogen and oxygen atoms in total. The molecule has 0 aromatic rings. The lowest BCUT2D eigenvalue weighted by molar-refractivity contribution is -0.147. The molecule has 0 saturated carbocycles. The summed E-state index contributed by atoms with van der Waals surface area (Å²) in [5, 5.41) is 9.19. The summed E-state index contributed by atoms with van der Waals surface area (Å²) in [5.41, 5.74) is -1.22. The number of amides is 2. The van der Waals surface area contributed by atoms with Gasteiger partial charge in [0.15, 0.2) is 0 Å². The molecule has 0 aliphatic rings. The van der Waals surface area contributed by atoms with Gasteiger partial charge in [-0.05, 0) is 34.6 Å². The zero-order valence-corrected chi connectivity index (χ0v) is 12.8. The van der Waals surface area contributed by atoms with Gasteiger partial charge >= 0.3 is 12.0 Å². The van der Waals surface area contributed by atoms with Crippen molar-refractivity contribution in [2.75, 3.05) is 26.7 Å². The maximum atomic E-state index is 12.2. The van der Waals surface area contributed by atoms with E-state index in [2.05, 4.69) is 0 Å². The monoisotopic (exact) mass is 274 g/mol. The largest absolute Gasteiger partial charge is 0.480 e. The van der Waals surface area contributed by atoms with E-state index in [1.165, 1.54) is 23.6 Å². The van der Waals surface area contributed by atoms with Crippen LogP contribution in [0.4, 0.5) is 4.79 Å². The molecule has 0 bridgehead atoms. The smallest absolute Gasteiger partial charge is 0.329 e. The molecule has 0 aromatic heterocycles. The molecule has 0 rings (SSSR count). The number of carboxylic acid groups (broad SMARTS) is 1. The number of carboxylic acids is 1. The van der Waals surface area contributed by atoms with E-state index < -0.39 is 11.5 Å². The van der Waals surface area contributed by atoms with Gasteiger partial charge in [0.2, 0.25) is 0 Å². The Labute approximate surface area is 115 Å². The van der Waals surface area contributed by atoms with Gasteiger partial charge in [0.1, 0.15) is 5.54 Å². The molecule has 0 radical (unpaired) electrons. The standard InChI is InChI=1S/C13H26N2O4/c1-7-15(13(4,5)11(16)17)12(18)14(6)8-9-19-10(2)3/h10H,7-9H2,1-6H3,(H,16,17). The molecule has 0 aliphatic heterocycles. The minimum atomic E-state index is -1.22. The van der Waals surface area contributed by atoms with E-state index in [0.29, 0.717) is 19.7 Å². The van der Waals surface area contributed by atoms with Crippen LogP contribution < -0.4 is 0 Å². The Bertz CT molecular complexity index is 316. The fraction of sp³-hybridized carbons (Fsp3) is 0.846. The summed E-state index contributed by atoms with van der Waals surface area (Å²) < 4.78 is 5.38. The number of aliphatic carboxylic acids is 1. The first kappa shape index (κ1) is 17.7. The molecule has 0 aromatic carbocycles. The first-order valence-electron chi connectivity index (χ1n) is 6.52. The van der Waals surface area contributed by atoms with E-state index in [4.69, 9.17) is 4.74 Å². The minimum Gasteiger partial charge on any atom is -0.480 e. The Balaban J connectivity index is 4.63. The molecule has 0 saturated heterocycles. The molecule has 0 spiro atoms. The summed E-state index contributed by atoms with van der Waals surface area (Å²) in [5.74, 6) is -1.02. The quantitative estimate of drug-likeness (QED) is 0.766. The molecule has 0 unspecified atom stereocenters. The lowest BCUT2D eigenvalue weighted by Gasteiger charge is -2.37. The Morgan fingerprint density at radius 2 is 1.84 bits per heavy atom. The van der Waals surface area contributed by atoms with Gasteiger partial charge in [0.05, 0.1) is 12.7 Å². The highest BCUT2D eigenvalue weighted by Crippen LogP contribution is 2.16. The van der Waals surface area contributed by atoms with Crippen LogP contribution in [-0.4, -0.2) is 65.3 Å². The average molecular weight is 274 g/mol. The third-order valence-corrected chi connectivity index (χ3v) is 2.95. The molecule has 1 N–H and O–H groups in total. The zero-order valence-electron chi connectivity index (χ0n) is 12.8. The van der Waals surface area contributed by atoms with Gasteiger partial charge in [-0.3, -0.25) is 0 Å². The molecule has 0 aliphatic carbocycles. The highest BCUT2D eigenvalue weighted by Gasteiger charge is 2.37. The topological polar surface area (TPSA) is 70.1 Å². The Morgan fingerprint density at radius 1 is 1.32 bits per heavy atom. The van der Waals surface area contributed by atoms with Crippen molar-refractivity contribution >= 4 is 12.0 Å². The van der Waals surface area contributed by atoms with Crippen molar-refractivity contribution in [1.82, 2.24) is 9.80 Å². The molecule has 2 amide bonds. The van der Waals surface area contributed by atoms with Gasteiger partial charge in [-0.25, -0.2) is 9.59 Å². The highest BCUT2D eigenvalue weighted by atomic mass is 16.5. The molecule has 0 heterocycles. The molecule has 19 heavy (non-hydrogen) atoms. The van der Waals surface area contributed by atoms with Gasteiger partial charge in [-0.2, -0.15) is 0 Å². The summed E-state index contributed by atoms with van der Waals surface area (Å²) in [6, 6.07) is -0.303. The number of ether oxygens (including phenoxy) is 1. The summed E-state index contributed by atoms with van der Waals surface area (Å²) in [4.78, 5) is 26.3. The number of urea groups is 1. The second-order valence-corrected chi connectivity index (χ2v) is 5.23. The second kappa shape index (κ2) is 7.33. The van der Waals surface area contributed by atoms with Crippen molar-refractivity contribution in [3.05, 3.63) is 0 Å². The van der Waals surface area contributed by atoms with Crippen LogP contribution in [0.1, 0.15) is 34.6 Å². The van der Waals surface area contributed by atoms with E-state index in [9.17, 15) is 14.7 Å². The van der Waals surface area contributed by atoms with Crippen LogP contribution in [0, 0.1) is 0 Å². The first-order valence-corrected chi connectivity index (χ1v) is 6.52. The number of hydrogen-bond donors (Lipinski definition) is 1. The SMILES string of the molecule is CCN(C(=O)N(C)CCOC(C)C)C(C)(C)C(=O)O. The molecule has 0 atom stereocenters. The maximum absolute atomic E-state index is 12.2. The Morgan fingerprint density at radius 3 is 2.21 bits per heavy atom. The number of carbonyl (C=O) groups is 2. The molecule has 6 heteroatoms. The van der Waals surface area contributed by atoms with Gasteiger partial charge in [-0.15, -0.1) is 0 Å². The van der Waals surface area contributed by atoms with E-state index in [1.54, 1.807) is 14.0 Å².